The number of nitrogens with two attached hydrogens (primary N) is 1. The molecule has 0 saturated carbocycles. The Morgan fingerprint density at radius 1 is 1.33 bits per heavy atom. The van der Waals surface area contributed by atoms with Crippen LogP contribution in [0.2, 0.25) is 0 Å². The summed E-state index contributed by atoms with van der Waals surface area (Å²) in [5.41, 5.74) is 6.73. The van der Waals surface area contributed by atoms with Gasteiger partial charge in [0.1, 0.15) is 0 Å². The first-order valence-corrected chi connectivity index (χ1v) is 5.55. The molecule has 4 heteroatoms. The smallest absolute Gasteiger partial charge is 0.165 e. The average molecular weight is 274 g/mol. The molecule has 1 aromatic rings. The van der Waals surface area contributed by atoms with Gasteiger partial charge in [-0.25, -0.2) is 0 Å². The lowest BCUT2D eigenvalue weighted by Crippen LogP contribution is -2.11. The summed E-state index contributed by atoms with van der Waals surface area (Å²) in [6, 6.07) is 3.82. The molecule has 0 aliphatic heterocycles. The van der Waals surface area contributed by atoms with E-state index in [1.54, 1.807) is 14.2 Å². The molecular formula is C11H16BrNO2. The zero-order valence-corrected chi connectivity index (χ0v) is 10.8. The fraction of sp³-hybridized carbons (Fsp3) is 0.455. The monoisotopic (exact) mass is 273 g/mol. The van der Waals surface area contributed by atoms with E-state index in [4.69, 9.17) is 15.2 Å². The van der Waals surface area contributed by atoms with Crippen LogP contribution in [0.3, 0.4) is 0 Å². The molecule has 0 heterocycles. The summed E-state index contributed by atoms with van der Waals surface area (Å²) in [4.78, 5) is 0. The number of ether oxygens (including phenoxy) is 2. The van der Waals surface area contributed by atoms with Crippen molar-refractivity contribution in [1.29, 1.82) is 0 Å². The van der Waals surface area contributed by atoms with Crippen LogP contribution in [-0.2, 0) is 0 Å². The molecule has 0 saturated heterocycles. The number of rotatable bonds is 4. The van der Waals surface area contributed by atoms with Crippen molar-refractivity contribution in [1.82, 2.24) is 0 Å². The van der Waals surface area contributed by atoms with Crippen LogP contribution < -0.4 is 15.2 Å². The Morgan fingerprint density at radius 2 is 2.00 bits per heavy atom. The third-order valence-corrected chi connectivity index (χ3v) is 3.07. The van der Waals surface area contributed by atoms with Crippen molar-refractivity contribution in [2.24, 2.45) is 5.73 Å². The van der Waals surface area contributed by atoms with Gasteiger partial charge in [0, 0.05) is 10.0 Å². The van der Waals surface area contributed by atoms with Gasteiger partial charge < -0.3 is 15.2 Å². The maximum atomic E-state index is 5.67. The van der Waals surface area contributed by atoms with E-state index in [1.807, 2.05) is 12.1 Å². The Balaban J connectivity index is 3.31. The normalized spacial score (nSPS) is 12.3. The van der Waals surface area contributed by atoms with Crippen LogP contribution in [0.4, 0.5) is 0 Å². The van der Waals surface area contributed by atoms with Gasteiger partial charge in [-0.2, -0.15) is 0 Å². The SMILES string of the molecule is COc1ccc(Br)c(C(C)CN)c1OC. The van der Waals surface area contributed by atoms with E-state index >= 15 is 0 Å². The van der Waals surface area contributed by atoms with Crippen molar-refractivity contribution in [2.45, 2.75) is 12.8 Å². The maximum absolute atomic E-state index is 5.67. The summed E-state index contributed by atoms with van der Waals surface area (Å²) < 4.78 is 11.6. The highest BCUT2D eigenvalue weighted by molar-refractivity contribution is 9.10. The van der Waals surface area contributed by atoms with E-state index in [9.17, 15) is 0 Å². The van der Waals surface area contributed by atoms with E-state index < -0.39 is 0 Å². The van der Waals surface area contributed by atoms with Crippen LogP contribution in [0.25, 0.3) is 0 Å². The van der Waals surface area contributed by atoms with E-state index in [2.05, 4.69) is 22.9 Å². The summed E-state index contributed by atoms with van der Waals surface area (Å²) in [5.74, 6) is 1.71. The van der Waals surface area contributed by atoms with Gasteiger partial charge in [-0.1, -0.05) is 22.9 Å². The maximum Gasteiger partial charge on any atom is 0.165 e. The van der Waals surface area contributed by atoms with Crippen LogP contribution in [0, 0.1) is 0 Å². The van der Waals surface area contributed by atoms with E-state index in [1.165, 1.54) is 0 Å². The first-order valence-electron chi connectivity index (χ1n) is 4.76. The third-order valence-electron chi connectivity index (χ3n) is 2.38. The minimum absolute atomic E-state index is 0.226. The molecule has 0 bridgehead atoms. The first kappa shape index (κ1) is 12.3. The van der Waals surface area contributed by atoms with Gasteiger partial charge in [0.25, 0.3) is 0 Å². The minimum Gasteiger partial charge on any atom is -0.493 e. The Kier molecular flexibility index (Phi) is 4.42. The van der Waals surface area contributed by atoms with Crippen LogP contribution in [0.1, 0.15) is 18.4 Å². The topological polar surface area (TPSA) is 44.5 Å². The number of methoxy groups -OCH3 is 2. The van der Waals surface area contributed by atoms with E-state index in [0.29, 0.717) is 6.54 Å². The quantitative estimate of drug-likeness (QED) is 0.917. The number of hydrogen-bond donors (Lipinski definition) is 1. The zero-order valence-electron chi connectivity index (χ0n) is 9.21. The lowest BCUT2D eigenvalue weighted by molar-refractivity contribution is 0.349. The first-order chi connectivity index (χ1) is 7.15. The van der Waals surface area contributed by atoms with Gasteiger partial charge in [0.2, 0.25) is 0 Å². The molecule has 1 atom stereocenters. The second-order valence-corrected chi connectivity index (χ2v) is 4.19. The highest BCUT2D eigenvalue weighted by atomic mass is 79.9. The third kappa shape index (κ3) is 2.44. The minimum atomic E-state index is 0.226. The predicted molar refractivity (Wildman–Crippen MR) is 64.7 cm³/mol. The lowest BCUT2D eigenvalue weighted by atomic mass is 10.00. The standard InChI is InChI=1S/C11H16BrNO2/c1-7(6-13)10-8(12)4-5-9(14-2)11(10)15-3/h4-5,7H,6,13H2,1-3H3. The largest absolute Gasteiger partial charge is 0.493 e. The second kappa shape index (κ2) is 5.37. The highest BCUT2D eigenvalue weighted by Crippen LogP contribution is 2.39. The predicted octanol–water partition coefficient (Wildman–Crippen LogP) is 2.53. The Morgan fingerprint density at radius 3 is 2.47 bits per heavy atom. The van der Waals surface area contributed by atoms with Gasteiger partial charge in [0.15, 0.2) is 11.5 Å². The lowest BCUT2D eigenvalue weighted by Gasteiger charge is -2.18. The molecule has 2 N–H and O–H groups in total. The summed E-state index contributed by atoms with van der Waals surface area (Å²) in [5, 5.41) is 0. The zero-order chi connectivity index (χ0) is 11.4. The van der Waals surface area contributed by atoms with E-state index in [0.717, 1.165) is 21.5 Å². The average Bonchev–Trinajstić information content (AvgIpc) is 2.27. The number of halogens is 1. The molecular weight excluding hydrogens is 258 g/mol. The molecule has 15 heavy (non-hydrogen) atoms. The summed E-state index contributed by atoms with van der Waals surface area (Å²) in [6.07, 6.45) is 0. The highest BCUT2D eigenvalue weighted by Gasteiger charge is 2.17. The molecule has 0 radical (unpaired) electrons. The summed E-state index contributed by atoms with van der Waals surface area (Å²) in [6.45, 7) is 2.63. The van der Waals surface area contributed by atoms with Crippen molar-refractivity contribution in [2.75, 3.05) is 20.8 Å². The van der Waals surface area contributed by atoms with Gasteiger partial charge in [-0.15, -0.1) is 0 Å². The number of hydrogen-bond acceptors (Lipinski definition) is 3. The van der Waals surface area contributed by atoms with E-state index in [-0.39, 0.29) is 5.92 Å². The molecule has 0 aliphatic carbocycles. The van der Waals surface area contributed by atoms with Gasteiger partial charge in [0.05, 0.1) is 14.2 Å². The molecule has 0 fully saturated rings. The van der Waals surface area contributed by atoms with Crippen molar-refractivity contribution in [3.05, 3.63) is 22.2 Å². The molecule has 0 aliphatic rings. The molecule has 1 unspecified atom stereocenters. The molecule has 0 aromatic heterocycles. The second-order valence-electron chi connectivity index (χ2n) is 3.33. The number of benzene rings is 1. The summed E-state index contributed by atoms with van der Waals surface area (Å²) >= 11 is 3.50. The van der Waals surface area contributed by atoms with Gasteiger partial charge >= 0.3 is 0 Å². The summed E-state index contributed by atoms with van der Waals surface area (Å²) in [7, 11) is 3.26. The van der Waals surface area contributed by atoms with Crippen LogP contribution in [-0.4, -0.2) is 20.8 Å². The van der Waals surface area contributed by atoms with Crippen molar-refractivity contribution < 1.29 is 9.47 Å². The van der Waals surface area contributed by atoms with Gasteiger partial charge in [-0.3, -0.25) is 0 Å². The van der Waals surface area contributed by atoms with Crippen LogP contribution >= 0.6 is 15.9 Å². The fourth-order valence-corrected chi connectivity index (χ4v) is 2.21. The van der Waals surface area contributed by atoms with Gasteiger partial charge in [-0.05, 0) is 24.6 Å². The Bertz CT molecular complexity index is 342. The van der Waals surface area contributed by atoms with Crippen molar-refractivity contribution in [3.63, 3.8) is 0 Å². The molecule has 0 spiro atoms. The molecule has 0 amide bonds. The van der Waals surface area contributed by atoms with Crippen LogP contribution in [0.5, 0.6) is 11.5 Å². The molecule has 3 nitrogen and oxygen atoms in total. The molecule has 84 valence electrons. The fourth-order valence-electron chi connectivity index (χ4n) is 1.50. The Labute approximate surface area is 98.7 Å². The Hall–Kier alpha value is -0.740. The van der Waals surface area contributed by atoms with Crippen LogP contribution in [0.15, 0.2) is 16.6 Å². The van der Waals surface area contributed by atoms with Crippen molar-refractivity contribution >= 4 is 15.9 Å². The molecule has 1 aromatic carbocycles. The molecule has 1 rings (SSSR count). The van der Waals surface area contributed by atoms with Crippen molar-refractivity contribution in [3.8, 4) is 11.5 Å².